The Balaban J connectivity index is 2.42. The third-order valence-corrected chi connectivity index (χ3v) is 3.14. The molecule has 0 radical (unpaired) electrons. The molecule has 0 saturated heterocycles. The van der Waals surface area contributed by atoms with E-state index in [1.807, 2.05) is 13.8 Å². The zero-order valence-corrected chi connectivity index (χ0v) is 11.1. The molecular weight excluding hydrogens is 244 g/mol. The van der Waals surface area contributed by atoms with Crippen molar-refractivity contribution in [2.24, 2.45) is 0 Å². The number of hydrogen-bond donors (Lipinski definition) is 1. The quantitative estimate of drug-likeness (QED) is 0.865. The molecule has 0 aliphatic rings. The summed E-state index contributed by atoms with van der Waals surface area (Å²) < 4.78 is 27.1. The van der Waals surface area contributed by atoms with Gasteiger partial charge in [-0.15, -0.1) is 0 Å². The molecular formula is C16H17F2N. The number of benzene rings is 2. The van der Waals surface area contributed by atoms with E-state index in [1.54, 1.807) is 24.3 Å². The van der Waals surface area contributed by atoms with Crippen molar-refractivity contribution in [1.82, 2.24) is 5.32 Å². The average molecular weight is 261 g/mol. The van der Waals surface area contributed by atoms with E-state index in [9.17, 15) is 8.78 Å². The number of nitrogens with one attached hydrogen (secondary N) is 1. The van der Waals surface area contributed by atoms with Gasteiger partial charge in [0, 0.05) is 11.6 Å². The Morgan fingerprint density at radius 2 is 1.89 bits per heavy atom. The van der Waals surface area contributed by atoms with Crippen LogP contribution in [0.5, 0.6) is 0 Å². The van der Waals surface area contributed by atoms with Gasteiger partial charge in [0.2, 0.25) is 0 Å². The molecule has 0 aromatic heterocycles. The molecule has 0 aliphatic carbocycles. The van der Waals surface area contributed by atoms with Crippen LogP contribution in [0.4, 0.5) is 8.78 Å². The lowest BCUT2D eigenvalue weighted by molar-refractivity contribution is 0.592. The van der Waals surface area contributed by atoms with Gasteiger partial charge in [0.05, 0.1) is 0 Å². The lowest BCUT2D eigenvalue weighted by Crippen LogP contribution is -2.17. The second kappa shape index (κ2) is 5.93. The summed E-state index contributed by atoms with van der Waals surface area (Å²) in [4.78, 5) is 0. The zero-order valence-electron chi connectivity index (χ0n) is 11.1. The van der Waals surface area contributed by atoms with Crippen LogP contribution in [0.15, 0.2) is 42.5 Å². The third-order valence-electron chi connectivity index (χ3n) is 3.14. The molecule has 0 saturated carbocycles. The first kappa shape index (κ1) is 13.7. The number of halogens is 2. The molecule has 1 atom stereocenters. The highest BCUT2D eigenvalue weighted by atomic mass is 19.1. The van der Waals surface area contributed by atoms with Gasteiger partial charge in [-0.25, -0.2) is 8.78 Å². The highest BCUT2D eigenvalue weighted by molar-refractivity contribution is 5.65. The Bertz CT molecular complexity index is 566. The summed E-state index contributed by atoms with van der Waals surface area (Å²) in [6, 6.07) is 11.1. The second-order valence-corrected chi connectivity index (χ2v) is 4.53. The van der Waals surface area contributed by atoms with Crippen molar-refractivity contribution in [3.8, 4) is 11.1 Å². The minimum atomic E-state index is -0.359. The fourth-order valence-electron chi connectivity index (χ4n) is 2.11. The largest absolute Gasteiger partial charge is 0.310 e. The average Bonchev–Trinajstić information content (AvgIpc) is 2.39. The van der Waals surface area contributed by atoms with Crippen molar-refractivity contribution in [2.45, 2.75) is 19.9 Å². The maximum Gasteiger partial charge on any atom is 0.131 e. The van der Waals surface area contributed by atoms with Gasteiger partial charge in [0.1, 0.15) is 11.6 Å². The Kier molecular flexibility index (Phi) is 4.27. The van der Waals surface area contributed by atoms with Crippen LogP contribution < -0.4 is 5.32 Å². The van der Waals surface area contributed by atoms with E-state index in [-0.39, 0.29) is 17.7 Å². The summed E-state index contributed by atoms with van der Waals surface area (Å²) in [6.45, 7) is 4.88. The van der Waals surface area contributed by atoms with Crippen molar-refractivity contribution in [2.75, 3.05) is 6.54 Å². The van der Waals surface area contributed by atoms with E-state index >= 15 is 0 Å². The van der Waals surface area contributed by atoms with E-state index in [4.69, 9.17) is 0 Å². The summed E-state index contributed by atoms with van der Waals surface area (Å²) in [6.07, 6.45) is 0. The topological polar surface area (TPSA) is 12.0 Å². The van der Waals surface area contributed by atoms with Gasteiger partial charge < -0.3 is 5.32 Å². The zero-order chi connectivity index (χ0) is 13.8. The van der Waals surface area contributed by atoms with Crippen LogP contribution >= 0.6 is 0 Å². The maximum atomic E-state index is 13.9. The van der Waals surface area contributed by atoms with Gasteiger partial charge >= 0.3 is 0 Å². The molecule has 100 valence electrons. The Morgan fingerprint density at radius 1 is 1.11 bits per heavy atom. The van der Waals surface area contributed by atoms with Crippen molar-refractivity contribution in [1.29, 1.82) is 0 Å². The van der Waals surface area contributed by atoms with Crippen LogP contribution in [-0.2, 0) is 0 Å². The van der Waals surface area contributed by atoms with E-state index in [0.717, 1.165) is 12.1 Å². The summed E-state index contributed by atoms with van der Waals surface area (Å²) in [5.74, 6) is -0.694. The van der Waals surface area contributed by atoms with Crippen LogP contribution in [0.3, 0.4) is 0 Å². The lowest BCUT2D eigenvalue weighted by Gasteiger charge is -2.14. The number of rotatable bonds is 4. The van der Waals surface area contributed by atoms with Crippen LogP contribution in [0.2, 0.25) is 0 Å². The molecule has 0 heterocycles. The van der Waals surface area contributed by atoms with Crippen LogP contribution in [-0.4, -0.2) is 6.54 Å². The molecule has 1 nitrogen and oxygen atoms in total. The van der Waals surface area contributed by atoms with Crippen molar-refractivity contribution >= 4 is 0 Å². The summed E-state index contributed by atoms with van der Waals surface area (Å²) in [5.41, 5.74) is 1.98. The maximum absolute atomic E-state index is 13.9. The van der Waals surface area contributed by atoms with E-state index in [0.29, 0.717) is 11.1 Å². The van der Waals surface area contributed by atoms with Crippen molar-refractivity contribution < 1.29 is 8.78 Å². The van der Waals surface area contributed by atoms with E-state index in [2.05, 4.69) is 5.32 Å². The van der Waals surface area contributed by atoms with Gasteiger partial charge in [0.15, 0.2) is 0 Å². The molecule has 3 heteroatoms. The van der Waals surface area contributed by atoms with Gasteiger partial charge in [-0.1, -0.05) is 25.1 Å². The molecule has 0 spiro atoms. The SMILES string of the molecule is CCNC(C)c1ccc(F)c(-c2cccc(F)c2)c1. The molecule has 2 rings (SSSR count). The molecule has 0 aliphatic heterocycles. The monoisotopic (exact) mass is 261 g/mol. The molecule has 1 N–H and O–H groups in total. The number of hydrogen-bond acceptors (Lipinski definition) is 1. The van der Waals surface area contributed by atoms with Crippen molar-refractivity contribution in [3.63, 3.8) is 0 Å². The molecule has 2 aromatic rings. The minimum absolute atomic E-state index is 0.137. The molecule has 19 heavy (non-hydrogen) atoms. The minimum Gasteiger partial charge on any atom is -0.310 e. The third kappa shape index (κ3) is 3.18. The predicted molar refractivity (Wildman–Crippen MR) is 73.9 cm³/mol. The fraction of sp³-hybridized carbons (Fsp3) is 0.250. The Labute approximate surface area is 112 Å². The molecule has 1 unspecified atom stereocenters. The highest BCUT2D eigenvalue weighted by Gasteiger charge is 2.10. The Morgan fingerprint density at radius 3 is 2.58 bits per heavy atom. The molecule has 2 aromatic carbocycles. The van der Waals surface area contributed by atoms with Crippen LogP contribution in [0.25, 0.3) is 11.1 Å². The summed E-state index contributed by atoms with van der Waals surface area (Å²) in [5, 5.41) is 3.27. The van der Waals surface area contributed by atoms with E-state index < -0.39 is 0 Å². The van der Waals surface area contributed by atoms with Crippen LogP contribution in [0.1, 0.15) is 25.5 Å². The first-order valence-corrected chi connectivity index (χ1v) is 6.40. The van der Waals surface area contributed by atoms with Crippen LogP contribution in [0, 0.1) is 11.6 Å². The van der Waals surface area contributed by atoms with Gasteiger partial charge in [-0.05, 0) is 48.9 Å². The molecule has 0 fully saturated rings. The predicted octanol–water partition coefficient (Wildman–Crippen LogP) is 4.30. The standard InChI is InChI=1S/C16H17F2N/c1-3-19-11(2)12-7-8-16(18)15(10-12)13-5-4-6-14(17)9-13/h4-11,19H,3H2,1-2H3. The highest BCUT2D eigenvalue weighted by Crippen LogP contribution is 2.26. The molecule has 0 bridgehead atoms. The van der Waals surface area contributed by atoms with Gasteiger partial charge in [-0.3, -0.25) is 0 Å². The lowest BCUT2D eigenvalue weighted by atomic mass is 9.99. The smallest absolute Gasteiger partial charge is 0.131 e. The normalized spacial score (nSPS) is 12.4. The van der Waals surface area contributed by atoms with E-state index in [1.165, 1.54) is 18.2 Å². The van der Waals surface area contributed by atoms with Crippen molar-refractivity contribution in [3.05, 3.63) is 59.7 Å². The molecule has 0 amide bonds. The summed E-state index contributed by atoms with van der Waals surface area (Å²) in [7, 11) is 0. The Hall–Kier alpha value is -1.74. The first-order valence-electron chi connectivity index (χ1n) is 6.40. The van der Waals surface area contributed by atoms with Gasteiger partial charge in [0.25, 0.3) is 0 Å². The van der Waals surface area contributed by atoms with Gasteiger partial charge in [-0.2, -0.15) is 0 Å². The first-order chi connectivity index (χ1) is 9.11. The summed E-state index contributed by atoms with van der Waals surface area (Å²) >= 11 is 0. The second-order valence-electron chi connectivity index (χ2n) is 4.53. The fourth-order valence-corrected chi connectivity index (χ4v) is 2.11.